The summed E-state index contributed by atoms with van der Waals surface area (Å²) in [5.74, 6) is 0.972. The van der Waals surface area contributed by atoms with Gasteiger partial charge in [-0.05, 0) is 6.07 Å². The van der Waals surface area contributed by atoms with Gasteiger partial charge < -0.3 is 25.2 Å². The summed E-state index contributed by atoms with van der Waals surface area (Å²) in [5.41, 5.74) is 8.98. The van der Waals surface area contributed by atoms with Crippen molar-refractivity contribution in [1.29, 1.82) is 5.26 Å². The minimum Gasteiger partial charge on any atom is -0.493 e. The predicted molar refractivity (Wildman–Crippen MR) is 110 cm³/mol. The molecule has 3 rings (SSSR count). The van der Waals surface area contributed by atoms with Crippen molar-refractivity contribution in [3.8, 4) is 28.7 Å². The van der Waals surface area contributed by atoms with Gasteiger partial charge in [-0.15, -0.1) is 0 Å². The number of carbonyl (C=O) groups is 2. The van der Waals surface area contributed by atoms with Crippen molar-refractivity contribution < 1.29 is 24.2 Å². The lowest BCUT2D eigenvalue weighted by Gasteiger charge is -2.30. The molecule has 0 fully saturated rings. The zero-order valence-electron chi connectivity index (χ0n) is 16.7. The number of carbonyl (C=O) groups excluding carboxylic acids is 1. The molecule has 1 aromatic carbocycles. The molecule has 2 aromatic rings. The number of fused-ring (bicyclic) bond motifs is 1. The number of carboxylic acid groups (broad SMARTS) is 1. The molecule has 1 aliphatic rings. The zero-order chi connectivity index (χ0) is 22.4. The topological polar surface area (TPSA) is 139 Å². The number of rotatable bonds is 3. The lowest BCUT2D eigenvalue weighted by atomic mass is 9.90. The molecule has 30 heavy (non-hydrogen) atoms. The first-order chi connectivity index (χ1) is 14.3. The van der Waals surface area contributed by atoms with Crippen LogP contribution in [0.4, 0.5) is 5.82 Å². The van der Waals surface area contributed by atoms with E-state index in [1.165, 1.54) is 21.1 Å². The maximum Gasteiger partial charge on any atom is 0.290 e. The fourth-order valence-corrected chi connectivity index (χ4v) is 3.58. The molecule has 1 aromatic heterocycles. The average molecular weight is 433 g/mol. The van der Waals surface area contributed by atoms with E-state index in [2.05, 4.69) is 11.1 Å². The molecule has 0 unspecified atom stereocenters. The fraction of sp³-hybridized carbons (Fsp3) is 0.300. The Hall–Kier alpha value is -3.51. The highest BCUT2D eigenvalue weighted by atomic mass is 35.5. The van der Waals surface area contributed by atoms with Gasteiger partial charge in [-0.25, -0.2) is 4.98 Å². The fourth-order valence-electron chi connectivity index (χ4n) is 3.38. The molecule has 1 aliphatic heterocycles. The molecule has 0 spiro atoms. The van der Waals surface area contributed by atoms with Crippen molar-refractivity contribution in [3.05, 3.63) is 34.0 Å². The number of benzene rings is 1. The largest absolute Gasteiger partial charge is 0.493 e. The van der Waals surface area contributed by atoms with E-state index in [9.17, 15) is 10.1 Å². The molecule has 0 bridgehead atoms. The second kappa shape index (κ2) is 9.80. The molecule has 9 nitrogen and oxygen atoms in total. The Morgan fingerprint density at radius 3 is 2.60 bits per heavy atom. The van der Waals surface area contributed by atoms with E-state index >= 15 is 0 Å². The molecule has 0 atom stereocenters. The van der Waals surface area contributed by atoms with E-state index in [1.807, 2.05) is 0 Å². The summed E-state index contributed by atoms with van der Waals surface area (Å²) in [4.78, 5) is 26.4. The van der Waals surface area contributed by atoms with Gasteiger partial charge in [0, 0.05) is 54.2 Å². The van der Waals surface area contributed by atoms with Crippen molar-refractivity contribution >= 4 is 29.8 Å². The van der Waals surface area contributed by atoms with Gasteiger partial charge in [0.1, 0.15) is 17.5 Å². The number of nitrogen functional groups attached to an aromatic ring is 1. The number of halogens is 1. The monoisotopic (exact) mass is 432 g/mol. The van der Waals surface area contributed by atoms with Gasteiger partial charge in [0.2, 0.25) is 5.91 Å². The Labute approximate surface area is 178 Å². The van der Waals surface area contributed by atoms with Crippen LogP contribution in [0.3, 0.4) is 0 Å². The van der Waals surface area contributed by atoms with Crippen LogP contribution in [0.2, 0.25) is 5.02 Å². The Bertz CT molecular complexity index is 1020. The highest BCUT2D eigenvalue weighted by Crippen LogP contribution is 2.45. The van der Waals surface area contributed by atoms with Gasteiger partial charge in [0.05, 0.1) is 19.9 Å². The Morgan fingerprint density at radius 2 is 2.07 bits per heavy atom. The minimum absolute atomic E-state index is 0.0439. The third-order valence-corrected chi connectivity index (χ3v) is 4.87. The van der Waals surface area contributed by atoms with E-state index in [0.29, 0.717) is 47.2 Å². The summed E-state index contributed by atoms with van der Waals surface area (Å²) >= 11 is 6.28. The Kier molecular flexibility index (Phi) is 7.44. The van der Waals surface area contributed by atoms with Crippen LogP contribution in [0, 0.1) is 11.3 Å². The smallest absolute Gasteiger partial charge is 0.290 e. The van der Waals surface area contributed by atoms with Gasteiger partial charge in [-0.3, -0.25) is 9.59 Å². The normalized spacial score (nSPS) is 12.0. The number of nitriles is 1. The second-order valence-corrected chi connectivity index (χ2v) is 6.71. The van der Waals surface area contributed by atoms with Crippen LogP contribution in [-0.4, -0.2) is 48.1 Å². The summed E-state index contributed by atoms with van der Waals surface area (Å²) in [5, 5.41) is 17.1. The predicted octanol–water partition coefficient (Wildman–Crippen LogP) is 2.48. The molecular formula is C20H21ClN4O5. The van der Waals surface area contributed by atoms with Crippen molar-refractivity contribution in [2.75, 3.05) is 26.5 Å². The third-order valence-electron chi connectivity index (χ3n) is 4.65. The lowest BCUT2D eigenvalue weighted by molar-refractivity contribution is -0.129. The van der Waals surface area contributed by atoms with Crippen LogP contribution in [0.1, 0.15) is 23.7 Å². The van der Waals surface area contributed by atoms with Gasteiger partial charge in [0.15, 0.2) is 11.5 Å². The number of nitrogens with zero attached hydrogens (tertiary/aromatic N) is 3. The standard InChI is InChI=1S/C19H19ClN4O3.CH2O2/c1-10(25)24-5-4-15-14(9-24)17(13(8-21)19(22)23-15)12-6-11(20)7-16(26-2)18(12)27-3;2-1-3/h6-7H,4-5,9H2,1-3H3,(H2,22,23);1H,(H,2,3). The van der Waals surface area contributed by atoms with Crippen LogP contribution in [0.15, 0.2) is 12.1 Å². The molecule has 3 N–H and O–H groups in total. The van der Waals surface area contributed by atoms with E-state index in [4.69, 9.17) is 36.7 Å². The first-order valence-corrected chi connectivity index (χ1v) is 9.17. The number of hydrogen-bond acceptors (Lipinski definition) is 7. The Morgan fingerprint density at radius 1 is 1.40 bits per heavy atom. The van der Waals surface area contributed by atoms with Crippen molar-refractivity contribution in [2.24, 2.45) is 0 Å². The molecule has 0 saturated heterocycles. The molecule has 0 aliphatic carbocycles. The highest BCUT2D eigenvalue weighted by Gasteiger charge is 2.28. The van der Waals surface area contributed by atoms with Crippen molar-refractivity contribution in [2.45, 2.75) is 19.9 Å². The summed E-state index contributed by atoms with van der Waals surface area (Å²) < 4.78 is 10.9. The number of hydrogen-bond donors (Lipinski definition) is 2. The molecular weight excluding hydrogens is 412 g/mol. The molecule has 2 heterocycles. The second-order valence-electron chi connectivity index (χ2n) is 6.27. The number of aromatic nitrogens is 1. The number of methoxy groups -OCH3 is 2. The molecule has 10 heteroatoms. The van der Waals surface area contributed by atoms with E-state index in [0.717, 1.165) is 11.3 Å². The first-order valence-electron chi connectivity index (χ1n) is 8.79. The molecule has 158 valence electrons. The van der Waals surface area contributed by atoms with Gasteiger partial charge in [-0.1, -0.05) is 11.6 Å². The third kappa shape index (κ3) is 4.39. The summed E-state index contributed by atoms with van der Waals surface area (Å²) in [6.07, 6.45) is 0.553. The maximum atomic E-state index is 11.9. The molecule has 0 saturated carbocycles. The van der Waals surface area contributed by atoms with E-state index in [1.54, 1.807) is 17.0 Å². The van der Waals surface area contributed by atoms with Crippen LogP contribution in [0.25, 0.3) is 11.1 Å². The van der Waals surface area contributed by atoms with Crippen LogP contribution >= 0.6 is 11.6 Å². The Balaban J connectivity index is 0.00000101. The van der Waals surface area contributed by atoms with Crippen molar-refractivity contribution in [1.82, 2.24) is 9.88 Å². The number of nitrogens with two attached hydrogens (primary N) is 1. The van der Waals surface area contributed by atoms with Gasteiger partial charge in [0.25, 0.3) is 6.47 Å². The molecule has 1 amide bonds. The van der Waals surface area contributed by atoms with Crippen LogP contribution in [-0.2, 0) is 22.6 Å². The maximum absolute atomic E-state index is 11.9. The minimum atomic E-state index is -0.250. The summed E-state index contributed by atoms with van der Waals surface area (Å²) in [7, 11) is 3.03. The van der Waals surface area contributed by atoms with Crippen molar-refractivity contribution in [3.63, 3.8) is 0 Å². The molecule has 0 radical (unpaired) electrons. The SMILES string of the molecule is COc1cc(Cl)cc(-c2c(C#N)c(N)nc3c2CN(C(C)=O)CC3)c1OC.O=CO. The average Bonchev–Trinajstić information content (AvgIpc) is 2.72. The summed E-state index contributed by atoms with van der Waals surface area (Å²) in [6.45, 7) is 2.15. The van der Waals surface area contributed by atoms with E-state index < -0.39 is 0 Å². The number of anilines is 1. The van der Waals surface area contributed by atoms with Crippen LogP contribution in [0.5, 0.6) is 11.5 Å². The quantitative estimate of drug-likeness (QED) is 0.705. The zero-order valence-corrected chi connectivity index (χ0v) is 17.5. The van der Waals surface area contributed by atoms with E-state index in [-0.39, 0.29) is 23.8 Å². The highest BCUT2D eigenvalue weighted by molar-refractivity contribution is 6.31. The van der Waals surface area contributed by atoms with Gasteiger partial charge in [-0.2, -0.15) is 5.26 Å². The lowest BCUT2D eigenvalue weighted by Crippen LogP contribution is -2.35. The first kappa shape index (κ1) is 22.8. The summed E-state index contributed by atoms with van der Waals surface area (Å²) in [6, 6.07) is 5.47. The number of ether oxygens (including phenoxy) is 2. The van der Waals surface area contributed by atoms with Gasteiger partial charge >= 0.3 is 0 Å². The number of pyridine rings is 1. The van der Waals surface area contributed by atoms with Crippen LogP contribution < -0.4 is 15.2 Å². The number of amides is 1.